The lowest BCUT2D eigenvalue weighted by Crippen LogP contribution is -1.98. The molecule has 0 aromatic heterocycles. The van der Waals surface area contributed by atoms with E-state index in [-0.39, 0.29) is 10.6 Å². The number of nitrogens with zero attached hydrogens (tertiary/aromatic N) is 1. The van der Waals surface area contributed by atoms with Crippen LogP contribution in [0.1, 0.15) is 5.56 Å². The average Bonchev–Trinajstić information content (AvgIpc) is 2.40. The predicted molar refractivity (Wildman–Crippen MR) is 77.9 cm³/mol. The number of nitrogens with one attached hydrogen (secondary N) is 1. The van der Waals surface area contributed by atoms with Gasteiger partial charge in [-0.1, -0.05) is 35.5 Å². The Morgan fingerprint density at radius 2 is 1.84 bits per heavy atom. The molecule has 0 heterocycles. The molecule has 0 amide bonds. The summed E-state index contributed by atoms with van der Waals surface area (Å²) in [5.41, 5.74) is 1.82. The summed E-state index contributed by atoms with van der Waals surface area (Å²) in [6, 6.07) is 13.2. The van der Waals surface area contributed by atoms with Crippen molar-refractivity contribution in [2.45, 2.75) is 16.7 Å². The molecule has 0 spiro atoms. The Morgan fingerprint density at radius 1 is 1.16 bits per heavy atom. The number of hydrogen-bond acceptors (Lipinski definition) is 4. The van der Waals surface area contributed by atoms with Crippen LogP contribution < -0.4 is 5.32 Å². The topological polar surface area (TPSA) is 55.2 Å². The molecule has 2 aromatic carbocycles. The van der Waals surface area contributed by atoms with Crippen molar-refractivity contribution < 1.29 is 4.92 Å². The molecule has 0 aliphatic carbocycles. The summed E-state index contributed by atoms with van der Waals surface area (Å²) in [5.74, 6) is 0. The first-order chi connectivity index (χ1) is 9.11. The number of nitro groups is 1. The molecule has 0 bridgehead atoms. The maximum absolute atomic E-state index is 11.2. The van der Waals surface area contributed by atoms with Gasteiger partial charge in [0.05, 0.1) is 9.82 Å². The van der Waals surface area contributed by atoms with Crippen LogP contribution in [0, 0.1) is 17.0 Å². The Labute approximate surface area is 116 Å². The van der Waals surface area contributed by atoms with Crippen LogP contribution in [-0.4, -0.2) is 12.0 Å². The molecule has 0 aliphatic rings. The first-order valence-electron chi connectivity index (χ1n) is 5.81. The van der Waals surface area contributed by atoms with Crippen molar-refractivity contribution in [3.8, 4) is 0 Å². The molecule has 0 atom stereocenters. The van der Waals surface area contributed by atoms with Gasteiger partial charge in [0.1, 0.15) is 5.69 Å². The second kappa shape index (κ2) is 5.75. The number of nitro benzene ring substituents is 1. The van der Waals surface area contributed by atoms with Gasteiger partial charge < -0.3 is 5.32 Å². The summed E-state index contributed by atoms with van der Waals surface area (Å²) in [4.78, 5) is 12.5. The fourth-order valence-electron chi connectivity index (χ4n) is 1.73. The first kappa shape index (κ1) is 13.4. The number of anilines is 1. The molecule has 2 aromatic rings. The Morgan fingerprint density at radius 3 is 2.42 bits per heavy atom. The number of rotatable bonds is 4. The SMILES string of the molecule is CNc1cccc(Sc2ccc(C)cc2)c1[N+](=O)[O-]. The van der Waals surface area contributed by atoms with Crippen LogP contribution in [0.15, 0.2) is 52.3 Å². The van der Waals surface area contributed by atoms with Gasteiger partial charge in [0, 0.05) is 11.9 Å². The van der Waals surface area contributed by atoms with Gasteiger partial charge in [-0.15, -0.1) is 0 Å². The molecule has 4 nitrogen and oxygen atoms in total. The van der Waals surface area contributed by atoms with Crippen molar-refractivity contribution in [2.75, 3.05) is 12.4 Å². The average molecular weight is 274 g/mol. The van der Waals surface area contributed by atoms with Crippen LogP contribution in [0.5, 0.6) is 0 Å². The largest absolute Gasteiger partial charge is 0.383 e. The molecule has 0 fully saturated rings. The lowest BCUT2D eigenvalue weighted by Gasteiger charge is -2.07. The maximum Gasteiger partial charge on any atom is 0.306 e. The Hall–Kier alpha value is -2.01. The number of para-hydroxylation sites is 1. The zero-order valence-corrected chi connectivity index (χ0v) is 11.5. The zero-order chi connectivity index (χ0) is 13.8. The molecule has 0 aliphatic heterocycles. The zero-order valence-electron chi connectivity index (χ0n) is 10.7. The van der Waals surface area contributed by atoms with Crippen LogP contribution in [0.25, 0.3) is 0 Å². The summed E-state index contributed by atoms with van der Waals surface area (Å²) in [6.45, 7) is 2.01. The normalized spacial score (nSPS) is 10.2. The fraction of sp³-hybridized carbons (Fsp3) is 0.143. The third-order valence-electron chi connectivity index (χ3n) is 2.70. The molecular formula is C14H14N2O2S. The molecule has 0 saturated heterocycles. The molecule has 5 heteroatoms. The molecule has 1 N–H and O–H groups in total. The van der Waals surface area contributed by atoms with Gasteiger partial charge in [-0.25, -0.2) is 0 Å². The van der Waals surface area contributed by atoms with Crippen molar-refractivity contribution in [1.82, 2.24) is 0 Å². The maximum atomic E-state index is 11.2. The van der Waals surface area contributed by atoms with E-state index in [1.807, 2.05) is 37.3 Å². The molecule has 0 radical (unpaired) electrons. The van der Waals surface area contributed by atoms with Crippen molar-refractivity contribution in [3.63, 3.8) is 0 Å². The summed E-state index contributed by atoms with van der Waals surface area (Å²) in [6.07, 6.45) is 0. The molecule has 0 unspecified atom stereocenters. The number of hydrogen-bond donors (Lipinski definition) is 1. The van der Waals surface area contributed by atoms with E-state index >= 15 is 0 Å². The van der Waals surface area contributed by atoms with E-state index in [2.05, 4.69) is 5.32 Å². The molecule has 2 rings (SSSR count). The van der Waals surface area contributed by atoms with E-state index in [1.165, 1.54) is 17.3 Å². The highest BCUT2D eigenvalue weighted by atomic mass is 32.2. The van der Waals surface area contributed by atoms with E-state index in [0.717, 1.165) is 4.90 Å². The quantitative estimate of drug-likeness (QED) is 0.673. The molecule has 0 saturated carbocycles. The van der Waals surface area contributed by atoms with Gasteiger partial charge in [-0.2, -0.15) is 0 Å². The van der Waals surface area contributed by atoms with E-state index in [1.54, 1.807) is 19.2 Å². The lowest BCUT2D eigenvalue weighted by atomic mass is 10.2. The Bertz CT molecular complexity index is 597. The molecule has 98 valence electrons. The lowest BCUT2D eigenvalue weighted by molar-refractivity contribution is -0.386. The van der Waals surface area contributed by atoms with Gasteiger partial charge in [-0.3, -0.25) is 10.1 Å². The van der Waals surface area contributed by atoms with E-state index < -0.39 is 0 Å². The van der Waals surface area contributed by atoms with E-state index in [9.17, 15) is 10.1 Å². The standard InChI is InChI=1S/C14H14N2O2S/c1-10-6-8-11(9-7-10)19-13-5-3-4-12(15-2)14(13)16(17)18/h3-9,15H,1-2H3. The van der Waals surface area contributed by atoms with Crippen LogP contribution in [-0.2, 0) is 0 Å². The first-order valence-corrected chi connectivity index (χ1v) is 6.63. The Balaban J connectivity index is 2.39. The summed E-state index contributed by atoms with van der Waals surface area (Å²) < 4.78 is 0. The van der Waals surface area contributed by atoms with Crippen molar-refractivity contribution >= 4 is 23.1 Å². The van der Waals surface area contributed by atoms with Gasteiger partial charge in [0.25, 0.3) is 0 Å². The summed E-state index contributed by atoms with van der Waals surface area (Å²) >= 11 is 1.40. The van der Waals surface area contributed by atoms with Gasteiger partial charge in [0.15, 0.2) is 0 Å². The highest BCUT2D eigenvalue weighted by Crippen LogP contribution is 2.39. The highest BCUT2D eigenvalue weighted by Gasteiger charge is 2.19. The van der Waals surface area contributed by atoms with Crippen LogP contribution in [0.2, 0.25) is 0 Å². The van der Waals surface area contributed by atoms with Crippen LogP contribution in [0.4, 0.5) is 11.4 Å². The third kappa shape index (κ3) is 3.06. The third-order valence-corrected chi connectivity index (χ3v) is 3.76. The van der Waals surface area contributed by atoms with Gasteiger partial charge in [-0.05, 0) is 31.2 Å². The summed E-state index contributed by atoms with van der Waals surface area (Å²) in [7, 11) is 1.68. The number of aryl methyl sites for hydroxylation is 1. The van der Waals surface area contributed by atoms with Crippen molar-refractivity contribution in [3.05, 3.63) is 58.1 Å². The predicted octanol–water partition coefficient (Wildman–Crippen LogP) is 4.10. The minimum Gasteiger partial charge on any atom is -0.383 e. The van der Waals surface area contributed by atoms with Crippen molar-refractivity contribution in [1.29, 1.82) is 0 Å². The van der Waals surface area contributed by atoms with Crippen LogP contribution >= 0.6 is 11.8 Å². The van der Waals surface area contributed by atoms with E-state index in [4.69, 9.17) is 0 Å². The van der Waals surface area contributed by atoms with Crippen molar-refractivity contribution in [2.24, 2.45) is 0 Å². The molecular weight excluding hydrogens is 260 g/mol. The minimum absolute atomic E-state index is 0.121. The minimum atomic E-state index is -0.345. The van der Waals surface area contributed by atoms with Gasteiger partial charge in [0.2, 0.25) is 0 Å². The number of benzene rings is 2. The monoisotopic (exact) mass is 274 g/mol. The van der Waals surface area contributed by atoms with Crippen LogP contribution in [0.3, 0.4) is 0 Å². The van der Waals surface area contributed by atoms with E-state index in [0.29, 0.717) is 10.6 Å². The Kier molecular flexibility index (Phi) is 4.06. The summed E-state index contributed by atoms with van der Waals surface area (Å²) in [5, 5.41) is 14.1. The second-order valence-corrected chi connectivity index (χ2v) is 5.19. The smallest absolute Gasteiger partial charge is 0.306 e. The second-order valence-electron chi connectivity index (χ2n) is 4.07. The highest BCUT2D eigenvalue weighted by molar-refractivity contribution is 7.99. The van der Waals surface area contributed by atoms with Gasteiger partial charge >= 0.3 is 5.69 Å². The fourth-order valence-corrected chi connectivity index (χ4v) is 2.68. The molecule has 19 heavy (non-hydrogen) atoms.